The lowest BCUT2D eigenvalue weighted by molar-refractivity contribution is 0.294. The van der Waals surface area contributed by atoms with Crippen LogP contribution < -0.4 is 10.5 Å². The van der Waals surface area contributed by atoms with Gasteiger partial charge >= 0.3 is 0 Å². The van der Waals surface area contributed by atoms with E-state index >= 15 is 0 Å². The molecular formula is C15H24ClFN2O2S. The Morgan fingerprint density at radius 2 is 1.95 bits per heavy atom. The van der Waals surface area contributed by atoms with Crippen molar-refractivity contribution in [3.05, 3.63) is 29.6 Å². The van der Waals surface area contributed by atoms with Gasteiger partial charge in [0.15, 0.2) is 0 Å². The molecule has 0 spiro atoms. The summed E-state index contributed by atoms with van der Waals surface area (Å²) < 4.78 is 41.2. The molecule has 1 unspecified atom stereocenters. The maximum atomic E-state index is 13.9. The Hall–Kier alpha value is -0.690. The second kappa shape index (κ2) is 8.24. The number of halogens is 2. The molecule has 0 aliphatic heterocycles. The Morgan fingerprint density at radius 1 is 1.32 bits per heavy atom. The van der Waals surface area contributed by atoms with Crippen molar-refractivity contribution in [1.82, 2.24) is 4.72 Å². The van der Waals surface area contributed by atoms with Crippen molar-refractivity contribution in [2.45, 2.75) is 50.0 Å². The summed E-state index contributed by atoms with van der Waals surface area (Å²) in [6, 6.07) is 3.81. The summed E-state index contributed by atoms with van der Waals surface area (Å²) in [6.07, 6.45) is 5.33. The maximum Gasteiger partial charge on any atom is 0.243 e. The monoisotopic (exact) mass is 350 g/mol. The molecule has 0 heterocycles. The Morgan fingerprint density at radius 3 is 2.50 bits per heavy atom. The van der Waals surface area contributed by atoms with Gasteiger partial charge in [0.05, 0.1) is 0 Å². The fourth-order valence-corrected chi connectivity index (χ4v) is 4.34. The molecule has 7 heteroatoms. The average Bonchev–Trinajstić information content (AvgIpc) is 2.45. The summed E-state index contributed by atoms with van der Waals surface area (Å²) in [5.41, 5.74) is 6.42. The van der Waals surface area contributed by atoms with Gasteiger partial charge in [0.25, 0.3) is 0 Å². The topological polar surface area (TPSA) is 72.2 Å². The van der Waals surface area contributed by atoms with E-state index in [9.17, 15) is 12.8 Å². The summed E-state index contributed by atoms with van der Waals surface area (Å²) in [7, 11) is -3.87. The zero-order valence-electron chi connectivity index (χ0n) is 12.7. The standard InChI is InChI=1S/C15H23FN2O2S.ClH/c1-11-7-8-15(13(16)9-11)21(19,20)18-14(10-17)12-5-3-2-4-6-12;/h7-9,12,14,18H,2-6,10,17H2,1H3;1H. The summed E-state index contributed by atoms with van der Waals surface area (Å²) >= 11 is 0. The highest BCUT2D eigenvalue weighted by molar-refractivity contribution is 7.89. The molecule has 1 atom stereocenters. The predicted octanol–water partition coefficient (Wildman–Crippen LogP) is 2.74. The predicted molar refractivity (Wildman–Crippen MR) is 88.1 cm³/mol. The Kier molecular flexibility index (Phi) is 7.25. The van der Waals surface area contributed by atoms with E-state index in [4.69, 9.17) is 5.73 Å². The second-order valence-corrected chi connectivity index (χ2v) is 7.48. The van der Waals surface area contributed by atoms with Gasteiger partial charge in [-0.25, -0.2) is 17.5 Å². The molecule has 0 saturated heterocycles. The first-order valence-corrected chi connectivity index (χ1v) is 8.91. The van der Waals surface area contributed by atoms with Gasteiger partial charge in [-0.05, 0) is 43.4 Å². The number of nitrogens with two attached hydrogens (primary N) is 1. The van der Waals surface area contributed by atoms with Gasteiger partial charge in [0.2, 0.25) is 10.0 Å². The summed E-state index contributed by atoms with van der Waals surface area (Å²) in [6.45, 7) is 1.95. The zero-order valence-corrected chi connectivity index (χ0v) is 14.4. The van der Waals surface area contributed by atoms with E-state index in [1.807, 2.05) is 0 Å². The van der Waals surface area contributed by atoms with E-state index in [0.29, 0.717) is 5.56 Å². The molecule has 0 aromatic heterocycles. The van der Waals surface area contributed by atoms with E-state index in [-0.39, 0.29) is 35.8 Å². The molecule has 1 aromatic rings. The minimum absolute atomic E-state index is 0. The average molecular weight is 351 g/mol. The number of aryl methyl sites for hydroxylation is 1. The summed E-state index contributed by atoms with van der Waals surface area (Å²) in [5.74, 6) is -0.478. The van der Waals surface area contributed by atoms with Crippen LogP contribution in [0.15, 0.2) is 23.1 Å². The molecule has 1 saturated carbocycles. The van der Waals surface area contributed by atoms with E-state index in [1.54, 1.807) is 13.0 Å². The summed E-state index contributed by atoms with van der Waals surface area (Å²) in [4.78, 5) is -0.303. The van der Waals surface area contributed by atoms with Crippen molar-refractivity contribution in [2.24, 2.45) is 11.7 Å². The second-order valence-electron chi connectivity index (χ2n) is 5.80. The van der Waals surface area contributed by atoms with Crippen molar-refractivity contribution in [3.8, 4) is 0 Å². The van der Waals surface area contributed by atoms with Gasteiger partial charge in [-0.3, -0.25) is 0 Å². The highest BCUT2D eigenvalue weighted by atomic mass is 35.5. The molecule has 126 valence electrons. The highest BCUT2D eigenvalue weighted by Gasteiger charge is 2.28. The molecule has 1 aliphatic carbocycles. The third kappa shape index (κ3) is 4.65. The van der Waals surface area contributed by atoms with Gasteiger partial charge in [0.1, 0.15) is 10.7 Å². The van der Waals surface area contributed by atoms with E-state index in [2.05, 4.69) is 4.72 Å². The van der Waals surface area contributed by atoms with Crippen LogP contribution >= 0.6 is 12.4 Å². The summed E-state index contributed by atoms with van der Waals surface area (Å²) in [5, 5.41) is 0. The lowest BCUT2D eigenvalue weighted by Crippen LogP contribution is -2.46. The van der Waals surface area contributed by atoms with Gasteiger partial charge in [-0.15, -0.1) is 12.4 Å². The van der Waals surface area contributed by atoms with Crippen LogP contribution in [-0.4, -0.2) is 21.0 Å². The van der Waals surface area contributed by atoms with Crippen molar-refractivity contribution >= 4 is 22.4 Å². The number of rotatable bonds is 5. The van der Waals surface area contributed by atoms with Crippen molar-refractivity contribution in [2.75, 3.05) is 6.54 Å². The molecule has 2 rings (SSSR count). The molecule has 0 bridgehead atoms. The number of nitrogens with one attached hydrogen (secondary N) is 1. The first kappa shape index (κ1) is 19.4. The molecule has 22 heavy (non-hydrogen) atoms. The Labute approximate surface area is 138 Å². The van der Waals surface area contributed by atoms with Crippen LogP contribution in [0.2, 0.25) is 0 Å². The quantitative estimate of drug-likeness (QED) is 0.857. The number of sulfonamides is 1. The Bertz CT molecular complexity index is 589. The normalized spacial score (nSPS) is 17.8. The van der Waals surface area contributed by atoms with Crippen molar-refractivity contribution in [3.63, 3.8) is 0 Å². The SMILES string of the molecule is Cc1ccc(S(=O)(=O)NC(CN)C2CCCCC2)c(F)c1.Cl. The van der Waals surface area contributed by atoms with Crippen molar-refractivity contribution < 1.29 is 12.8 Å². The van der Waals surface area contributed by atoms with Gasteiger partial charge < -0.3 is 5.73 Å². The van der Waals surface area contributed by atoms with Crippen LogP contribution in [0.4, 0.5) is 4.39 Å². The fraction of sp³-hybridized carbons (Fsp3) is 0.600. The van der Waals surface area contributed by atoms with E-state index in [1.165, 1.54) is 18.6 Å². The third-order valence-electron chi connectivity index (χ3n) is 4.16. The number of hydrogen-bond acceptors (Lipinski definition) is 3. The van der Waals surface area contributed by atoms with Crippen LogP contribution in [0.5, 0.6) is 0 Å². The van der Waals surface area contributed by atoms with E-state index < -0.39 is 15.8 Å². The van der Waals surface area contributed by atoms with Crippen LogP contribution in [0, 0.1) is 18.7 Å². The van der Waals surface area contributed by atoms with Crippen LogP contribution in [-0.2, 0) is 10.0 Å². The molecule has 4 nitrogen and oxygen atoms in total. The molecule has 1 aromatic carbocycles. The van der Waals surface area contributed by atoms with Crippen molar-refractivity contribution in [1.29, 1.82) is 0 Å². The molecule has 3 N–H and O–H groups in total. The fourth-order valence-electron chi connectivity index (χ4n) is 2.96. The van der Waals surface area contributed by atoms with Crippen LogP contribution in [0.25, 0.3) is 0 Å². The van der Waals surface area contributed by atoms with E-state index in [0.717, 1.165) is 25.7 Å². The molecule has 0 amide bonds. The van der Waals surface area contributed by atoms with Gasteiger partial charge in [-0.2, -0.15) is 0 Å². The highest BCUT2D eigenvalue weighted by Crippen LogP contribution is 2.27. The van der Waals surface area contributed by atoms with Gasteiger partial charge in [0, 0.05) is 12.6 Å². The lowest BCUT2D eigenvalue weighted by Gasteiger charge is -2.29. The number of benzene rings is 1. The molecule has 1 fully saturated rings. The van der Waals surface area contributed by atoms with Crippen LogP contribution in [0.1, 0.15) is 37.7 Å². The lowest BCUT2D eigenvalue weighted by atomic mass is 9.84. The Balaban J connectivity index is 0.00000242. The molecule has 1 aliphatic rings. The number of hydrogen-bond donors (Lipinski definition) is 2. The minimum atomic E-state index is -3.87. The van der Waals surface area contributed by atoms with Crippen LogP contribution in [0.3, 0.4) is 0 Å². The minimum Gasteiger partial charge on any atom is -0.329 e. The molecule has 0 radical (unpaired) electrons. The maximum absolute atomic E-state index is 13.9. The smallest absolute Gasteiger partial charge is 0.243 e. The van der Waals surface area contributed by atoms with Gasteiger partial charge in [-0.1, -0.05) is 25.3 Å². The first-order chi connectivity index (χ1) is 9.94. The first-order valence-electron chi connectivity index (χ1n) is 7.42. The largest absolute Gasteiger partial charge is 0.329 e. The zero-order chi connectivity index (χ0) is 15.5. The molecular weight excluding hydrogens is 327 g/mol. The third-order valence-corrected chi connectivity index (χ3v) is 5.68.